The van der Waals surface area contributed by atoms with Crippen LogP contribution in [0.5, 0.6) is 5.75 Å². The molecule has 0 aliphatic rings. The maximum Gasteiger partial charge on any atom is 0.422 e. The van der Waals surface area contributed by atoms with Crippen LogP contribution in [0.4, 0.5) is 18.9 Å². The van der Waals surface area contributed by atoms with Gasteiger partial charge in [-0.15, -0.1) is 0 Å². The van der Waals surface area contributed by atoms with Crippen LogP contribution in [0.25, 0.3) is 0 Å². The molecule has 2 rings (SSSR count). The summed E-state index contributed by atoms with van der Waals surface area (Å²) in [5.74, 6) is 0.167. The van der Waals surface area contributed by atoms with Crippen molar-refractivity contribution >= 4 is 5.69 Å². The number of hydrogen-bond acceptors (Lipinski definition) is 3. The summed E-state index contributed by atoms with van der Waals surface area (Å²) in [6.07, 6.45) is -1.24. The number of hydrogen-bond donors (Lipinski definition) is 1. The monoisotopic (exact) mass is 285 g/mol. The Morgan fingerprint density at radius 3 is 2.65 bits per heavy atom. The quantitative estimate of drug-likeness (QED) is 0.884. The van der Waals surface area contributed by atoms with Gasteiger partial charge in [-0.2, -0.15) is 13.2 Å². The zero-order valence-corrected chi connectivity index (χ0v) is 10.8. The Morgan fingerprint density at radius 2 is 2.00 bits per heavy atom. The van der Waals surface area contributed by atoms with Gasteiger partial charge in [0.05, 0.1) is 24.3 Å². The maximum atomic E-state index is 12.2. The standard InChI is InChI=1S/C14H14F3NO2/c1-10(11-6-7-19-8-11)18-12-4-2-3-5-13(12)20-9-14(15,16)17/h2-8,10,18H,9H2,1H3. The largest absolute Gasteiger partial charge is 0.482 e. The number of para-hydroxylation sites is 2. The number of alkyl halides is 3. The molecule has 0 spiro atoms. The van der Waals surface area contributed by atoms with Crippen LogP contribution in [0.3, 0.4) is 0 Å². The van der Waals surface area contributed by atoms with Gasteiger partial charge in [-0.25, -0.2) is 0 Å². The lowest BCUT2D eigenvalue weighted by Gasteiger charge is -2.18. The first-order chi connectivity index (χ1) is 9.46. The molecule has 0 amide bonds. The SMILES string of the molecule is CC(Nc1ccccc1OCC(F)(F)F)c1ccoc1. The molecule has 0 fully saturated rings. The van der Waals surface area contributed by atoms with Gasteiger partial charge in [-0.1, -0.05) is 12.1 Å². The number of rotatable bonds is 5. The smallest absolute Gasteiger partial charge is 0.422 e. The fraction of sp³-hybridized carbons (Fsp3) is 0.286. The zero-order chi connectivity index (χ0) is 14.6. The second-order valence-electron chi connectivity index (χ2n) is 4.32. The Labute approximate surface area is 114 Å². The van der Waals surface area contributed by atoms with E-state index >= 15 is 0 Å². The first-order valence-corrected chi connectivity index (χ1v) is 6.03. The average molecular weight is 285 g/mol. The normalized spacial score (nSPS) is 13.0. The molecule has 0 bridgehead atoms. The van der Waals surface area contributed by atoms with Gasteiger partial charge in [0.2, 0.25) is 0 Å². The number of furan rings is 1. The molecule has 1 aromatic heterocycles. The molecule has 2 aromatic rings. The molecule has 1 unspecified atom stereocenters. The highest BCUT2D eigenvalue weighted by Gasteiger charge is 2.28. The molecular formula is C14H14F3NO2. The summed E-state index contributed by atoms with van der Waals surface area (Å²) >= 11 is 0. The third-order valence-electron chi connectivity index (χ3n) is 2.69. The van der Waals surface area contributed by atoms with E-state index < -0.39 is 12.8 Å². The Hall–Kier alpha value is -2.11. The van der Waals surface area contributed by atoms with Crippen LogP contribution in [-0.2, 0) is 0 Å². The van der Waals surface area contributed by atoms with E-state index in [2.05, 4.69) is 5.32 Å². The second-order valence-corrected chi connectivity index (χ2v) is 4.32. The van der Waals surface area contributed by atoms with Crippen molar-refractivity contribution < 1.29 is 22.3 Å². The maximum absolute atomic E-state index is 12.2. The molecule has 108 valence electrons. The summed E-state index contributed by atoms with van der Waals surface area (Å²) in [5.41, 5.74) is 1.40. The van der Waals surface area contributed by atoms with E-state index in [9.17, 15) is 13.2 Å². The topological polar surface area (TPSA) is 34.4 Å². The highest BCUT2D eigenvalue weighted by Crippen LogP contribution is 2.29. The van der Waals surface area contributed by atoms with Crippen LogP contribution >= 0.6 is 0 Å². The predicted molar refractivity (Wildman–Crippen MR) is 68.7 cm³/mol. The van der Waals surface area contributed by atoms with E-state index in [1.165, 1.54) is 6.07 Å². The molecule has 20 heavy (non-hydrogen) atoms. The van der Waals surface area contributed by atoms with E-state index in [0.717, 1.165) is 5.56 Å². The molecule has 0 aliphatic carbocycles. The average Bonchev–Trinajstić information content (AvgIpc) is 2.90. The van der Waals surface area contributed by atoms with Crippen LogP contribution in [0.2, 0.25) is 0 Å². The molecule has 0 saturated carbocycles. The van der Waals surface area contributed by atoms with Crippen LogP contribution < -0.4 is 10.1 Å². The Morgan fingerprint density at radius 1 is 1.25 bits per heavy atom. The fourth-order valence-electron chi connectivity index (χ4n) is 1.71. The first-order valence-electron chi connectivity index (χ1n) is 6.03. The van der Waals surface area contributed by atoms with Crippen molar-refractivity contribution in [2.24, 2.45) is 0 Å². The van der Waals surface area contributed by atoms with Gasteiger partial charge < -0.3 is 14.5 Å². The summed E-state index contributed by atoms with van der Waals surface area (Å²) in [6, 6.07) is 8.20. The molecule has 0 radical (unpaired) electrons. The molecule has 1 heterocycles. The van der Waals surface area contributed by atoms with Crippen LogP contribution in [0.1, 0.15) is 18.5 Å². The van der Waals surface area contributed by atoms with Gasteiger partial charge in [-0.05, 0) is 25.1 Å². The van der Waals surface area contributed by atoms with Crippen molar-refractivity contribution in [3.8, 4) is 5.75 Å². The van der Waals surface area contributed by atoms with Crippen LogP contribution in [0.15, 0.2) is 47.3 Å². The van der Waals surface area contributed by atoms with Gasteiger partial charge >= 0.3 is 6.18 Å². The van der Waals surface area contributed by atoms with Crippen molar-refractivity contribution in [3.05, 3.63) is 48.4 Å². The van der Waals surface area contributed by atoms with E-state index in [-0.39, 0.29) is 11.8 Å². The van der Waals surface area contributed by atoms with Gasteiger partial charge in [0, 0.05) is 5.56 Å². The lowest BCUT2D eigenvalue weighted by molar-refractivity contribution is -0.153. The third kappa shape index (κ3) is 3.94. The molecule has 0 saturated heterocycles. The van der Waals surface area contributed by atoms with E-state index in [1.807, 2.05) is 6.92 Å². The molecule has 1 N–H and O–H groups in total. The Kier molecular flexibility index (Phi) is 4.22. The number of halogens is 3. The van der Waals surface area contributed by atoms with Crippen molar-refractivity contribution in [2.75, 3.05) is 11.9 Å². The second kappa shape index (κ2) is 5.90. The summed E-state index contributed by atoms with van der Waals surface area (Å²) in [5, 5.41) is 3.10. The zero-order valence-electron chi connectivity index (χ0n) is 10.8. The van der Waals surface area contributed by atoms with E-state index in [0.29, 0.717) is 5.69 Å². The fourth-order valence-corrected chi connectivity index (χ4v) is 1.71. The Bertz CT molecular complexity index is 538. The van der Waals surface area contributed by atoms with Crippen LogP contribution in [-0.4, -0.2) is 12.8 Å². The molecule has 1 atom stereocenters. The number of anilines is 1. The molecule has 6 heteroatoms. The number of ether oxygens (including phenoxy) is 1. The summed E-state index contributed by atoms with van der Waals surface area (Å²) < 4.78 is 46.4. The van der Waals surface area contributed by atoms with Crippen molar-refractivity contribution in [2.45, 2.75) is 19.1 Å². The minimum Gasteiger partial charge on any atom is -0.482 e. The van der Waals surface area contributed by atoms with E-state index in [1.54, 1.807) is 36.8 Å². The third-order valence-corrected chi connectivity index (χ3v) is 2.69. The molecular weight excluding hydrogens is 271 g/mol. The van der Waals surface area contributed by atoms with Crippen LogP contribution in [0, 0.1) is 0 Å². The lowest BCUT2D eigenvalue weighted by Crippen LogP contribution is -2.20. The van der Waals surface area contributed by atoms with Crippen molar-refractivity contribution in [1.82, 2.24) is 0 Å². The summed E-state index contributed by atoms with van der Waals surface area (Å²) in [4.78, 5) is 0. The van der Waals surface area contributed by atoms with Gasteiger partial charge in [0.15, 0.2) is 6.61 Å². The Balaban J connectivity index is 2.08. The highest BCUT2D eigenvalue weighted by atomic mass is 19.4. The molecule has 0 aliphatic heterocycles. The molecule has 3 nitrogen and oxygen atoms in total. The first kappa shape index (κ1) is 14.3. The van der Waals surface area contributed by atoms with E-state index in [4.69, 9.17) is 9.15 Å². The number of benzene rings is 1. The lowest BCUT2D eigenvalue weighted by atomic mass is 10.1. The molecule has 1 aromatic carbocycles. The van der Waals surface area contributed by atoms with Crippen molar-refractivity contribution in [3.63, 3.8) is 0 Å². The highest BCUT2D eigenvalue weighted by molar-refractivity contribution is 5.57. The van der Waals surface area contributed by atoms with Crippen molar-refractivity contribution in [1.29, 1.82) is 0 Å². The number of nitrogens with one attached hydrogen (secondary N) is 1. The minimum atomic E-state index is -4.36. The summed E-state index contributed by atoms with van der Waals surface area (Å²) in [7, 11) is 0. The van der Waals surface area contributed by atoms with Gasteiger partial charge in [0.25, 0.3) is 0 Å². The predicted octanol–water partition coefficient (Wildman–Crippen LogP) is 4.39. The summed E-state index contributed by atoms with van der Waals surface area (Å²) in [6.45, 7) is 0.567. The minimum absolute atomic E-state index is 0.107. The van der Waals surface area contributed by atoms with Gasteiger partial charge in [0.1, 0.15) is 5.75 Å². The van der Waals surface area contributed by atoms with Gasteiger partial charge in [-0.3, -0.25) is 0 Å².